The molecule has 3 aliphatic heterocycles. The molecule has 0 amide bonds. The van der Waals surface area contributed by atoms with Crippen molar-refractivity contribution < 1.29 is 13.3 Å². The fourth-order valence-electron chi connectivity index (χ4n) is 21.0. The second kappa shape index (κ2) is 33.2. The Hall–Kier alpha value is -19.5. The van der Waals surface area contributed by atoms with Gasteiger partial charge in [0.25, 0.3) is 0 Å². The van der Waals surface area contributed by atoms with Crippen LogP contribution in [-0.2, 0) is 0 Å². The van der Waals surface area contributed by atoms with E-state index in [1.54, 1.807) is 0 Å². The molecule has 0 saturated heterocycles. The number of furan rings is 3. The minimum absolute atomic E-state index is 0.555. The number of para-hydroxylation sites is 6. The maximum absolute atomic E-state index is 6.28. The molecule has 3 aliphatic rings. The highest BCUT2D eigenvalue weighted by molar-refractivity contribution is 6.18. The van der Waals surface area contributed by atoms with E-state index < -0.39 is 0 Å². The van der Waals surface area contributed by atoms with Gasteiger partial charge in [0.15, 0.2) is 34.9 Å². The van der Waals surface area contributed by atoms with Gasteiger partial charge in [-0.2, -0.15) is 29.9 Å². The molecule has 0 saturated carbocycles. The van der Waals surface area contributed by atoms with Gasteiger partial charge in [-0.15, -0.1) is 0 Å². The molecule has 0 unspecified atom stereocenters. The summed E-state index contributed by atoms with van der Waals surface area (Å²) in [5, 5.41) is 15.6. The highest BCUT2D eigenvalue weighted by Crippen LogP contribution is 2.55. The molecule has 9 heterocycles. The van der Waals surface area contributed by atoms with Gasteiger partial charge in [0.05, 0.1) is 34.1 Å². The van der Waals surface area contributed by atoms with Crippen LogP contribution in [0.15, 0.2) is 474 Å². The van der Waals surface area contributed by atoms with Crippen molar-refractivity contribution >= 4 is 161 Å². The normalized spacial score (nSPS) is 12.2. The first kappa shape index (κ1) is 80.9. The van der Waals surface area contributed by atoms with E-state index in [0.717, 1.165) is 178 Å². The summed E-state index contributed by atoms with van der Waals surface area (Å²) >= 11 is 0. The summed E-state index contributed by atoms with van der Waals surface area (Å²) in [4.78, 5) is 53.3. The summed E-state index contributed by atoms with van der Waals surface area (Å²) in [6.45, 7) is 0. The Balaban J connectivity index is 0.000000104. The highest BCUT2D eigenvalue weighted by Gasteiger charge is 2.34. The summed E-state index contributed by atoms with van der Waals surface area (Å²) in [5.41, 5.74) is 28.2. The van der Waals surface area contributed by atoms with E-state index in [9.17, 15) is 0 Å². The van der Waals surface area contributed by atoms with Gasteiger partial charge in [-0.3, -0.25) is 14.7 Å². The number of anilines is 9. The molecule has 30 rings (SSSR count). The Bertz CT molecular complexity index is 9810. The van der Waals surface area contributed by atoms with Crippen LogP contribution >= 0.6 is 0 Å². The summed E-state index contributed by atoms with van der Waals surface area (Å²) in [7, 11) is 0. The molecule has 0 bridgehead atoms. The summed E-state index contributed by atoms with van der Waals surface area (Å²) in [5.74, 6) is 5.26. The molecule has 6 aromatic heterocycles. The van der Waals surface area contributed by atoms with E-state index in [2.05, 4.69) is 379 Å². The standard InChI is InChI=1S/2C43H26N4O.C41H24N4O/c1-2-12-27(13-3-1)29-16-8-17-30(26-29)41-44-42(34-21-11-25-38-40(34)33-19-5-7-24-37(33)48-38)46-43(45-41)47-35-22-6-4-18-31(35)32-20-9-14-28-15-10-23-36(47)39(28)32;1-2-10-27(11-3-1)28-20-22-30(23-21-28)41-44-42(31-24-25-34-33-15-5-7-19-38(33)48-39(34)26-31)46-43(45-41)47-36-17-6-4-14-32(36)35-16-8-12-29-13-9-18-37(47)40(29)35;1-2-10-27-23-28(20-19-25(27)9-1)39-42-40(29-21-22-37-33(24-29)31-14-4-6-18-36(31)46-37)44-41(43-39)45-34-16-5-3-13-30(34)32-15-7-11-26-12-8-17-35(45)38(26)32/h2*1-26H;1-24H. The van der Waals surface area contributed by atoms with E-state index in [-0.39, 0.29) is 0 Å². The number of rotatable bonds is 11. The fourth-order valence-corrected chi connectivity index (χ4v) is 21.0. The molecule has 0 radical (unpaired) electrons. The maximum atomic E-state index is 6.28. The van der Waals surface area contributed by atoms with Crippen LogP contribution in [0.3, 0.4) is 0 Å². The summed E-state index contributed by atoms with van der Waals surface area (Å²) < 4.78 is 18.7. The molecule has 15 nitrogen and oxygen atoms in total. The predicted molar refractivity (Wildman–Crippen MR) is 576 cm³/mol. The van der Waals surface area contributed by atoms with Crippen molar-refractivity contribution in [3.8, 4) is 124 Å². The Morgan fingerprint density at radius 2 is 0.451 bits per heavy atom. The lowest BCUT2D eigenvalue weighted by Gasteiger charge is -2.32. The number of benzene rings is 21. The topological polar surface area (TPSA) is 165 Å². The van der Waals surface area contributed by atoms with E-state index in [1.807, 2.05) is 97.1 Å². The lowest BCUT2D eigenvalue weighted by molar-refractivity contribution is 0.668. The predicted octanol–water partition coefficient (Wildman–Crippen LogP) is 33.6. The number of nitrogens with zero attached hydrogens (tertiary/aromatic N) is 12. The van der Waals surface area contributed by atoms with Crippen LogP contribution in [-0.4, -0.2) is 44.9 Å². The van der Waals surface area contributed by atoms with E-state index in [0.29, 0.717) is 52.8 Å². The smallest absolute Gasteiger partial charge is 0.238 e. The Labute approximate surface area is 813 Å². The second-order valence-electron chi connectivity index (χ2n) is 35.8. The Morgan fingerprint density at radius 3 is 1.01 bits per heavy atom. The quantitative estimate of drug-likeness (QED) is 0.120. The van der Waals surface area contributed by atoms with Crippen LogP contribution in [0.2, 0.25) is 0 Å². The molecule has 27 aromatic rings. The van der Waals surface area contributed by atoms with Gasteiger partial charge in [-0.1, -0.05) is 358 Å². The Kier molecular flexibility index (Phi) is 18.9. The van der Waals surface area contributed by atoms with Gasteiger partial charge < -0.3 is 13.3 Å². The monoisotopic (exact) mass is 1820 g/mol. The van der Waals surface area contributed by atoms with Crippen LogP contribution in [0.25, 0.3) is 233 Å². The van der Waals surface area contributed by atoms with Gasteiger partial charge in [-0.25, -0.2) is 15.0 Å². The van der Waals surface area contributed by atoms with Crippen molar-refractivity contribution in [3.05, 3.63) is 461 Å². The third-order valence-corrected chi connectivity index (χ3v) is 27.5. The zero-order valence-electron chi connectivity index (χ0n) is 76.0. The minimum Gasteiger partial charge on any atom is -0.456 e. The van der Waals surface area contributed by atoms with Crippen molar-refractivity contribution in [2.24, 2.45) is 0 Å². The van der Waals surface area contributed by atoms with Crippen molar-refractivity contribution in [1.29, 1.82) is 0 Å². The maximum Gasteiger partial charge on any atom is 0.238 e. The zero-order chi connectivity index (χ0) is 93.4. The number of hydrogen-bond donors (Lipinski definition) is 0. The van der Waals surface area contributed by atoms with Crippen LogP contribution in [0, 0.1) is 0 Å². The van der Waals surface area contributed by atoms with Gasteiger partial charge in [0, 0.05) is 98.5 Å². The molecule has 662 valence electrons. The minimum atomic E-state index is 0.555. The third kappa shape index (κ3) is 13.7. The second-order valence-corrected chi connectivity index (χ2v) is 35.8. The molecule has 0 aliphatic carbocycles. The van der Waals surface area contributed by atoms with Crippen molar-refractivity contribution in [2.75, 3.05) is 14.7 Å². The number of fused-ring (bicyclic) bond motifs is 16. The first-order chi connectivity index (χ1) is 70.4. The number of hydrogen-bond acceptors (Lipinski definition) is 15. The third-order valence-electron chi connectivity index (χ3n) is 27.5. The van der Waals surface area contributed by atoms with E-state index >= 15 is 0 Å². The largest absolute Gasteiger partial charge is 0.456 e. The molecular formula is C127H76N12O3. The Morgan fingerprint density at radius 1 is 0.141 bits per heavy atom. The fraction of sp³-hybridized carbons (Fsp3) is 0. The average molecular weight is 1820 g/mol. The van der Waals surface area contributed by atoms with Crippen LogP contribution in [0.1, 0.15) is 0 Å². The van der Waals surface area contributed by atoms with Crippen molar-refractivity contribution in [2.45, 2.75) is 0 Å². The van der Waals surface area contributed by atoms with Crippen LogP contribution in [0.4, 0.5) is 52.0 Å². The van der Waals surface area contributed by atoms with Crippen molar-refractivity contribution in [1.82, 2.24) is 44.9 Å². The molecule has 0 atom stereocenters. The molecule has 15 heteroatoms. The highest BCUT2D eigenvalue weighted by atomic mass is 16.3. The molecule has 0 fully saturated rings. The average Bonchev–Trinajstić information content (AvgIpc) is 1.02. The molecule has 0 N–H and O–H groups in total. The number of aromatic nitrogens is 9. The van der Waals surface area contributed by atoms with Gasteiger partial charge in [0.1, 0.15) is 33.5 Å². The van der Waals surface area contributed by atoms with Crippen molar-refractivity contribution in [3.63, 3.8) is 0 Å². The van der Waals surface area contributed by atoms with Crippen LogP contribution < -0.4 is 14.7 Å². The lowest BCUT2D eigenvalue weighted by atomic mass is 9.91. The summed E-state index contributed by atoms with van der Waals surface area (Å²) in [6.07, 6.45) is 0. The molecule has 0 spiro atoms. The SMILES string of the molecule is c1ccc(-c2ccc(-c3nc(-c4ccc5c(c4)oc4ccccc45)nc(N4c5ccccc5-c5cccc6cccc4c56)n3)cc2)cc1.c1ccc(-c2cccc(-c3nc(-c4cccc5oc6ccccc6c45)nc(N4c5ccccc5-c5cccc6cccc4c56)n3)c2)cc1.c1ccc2c(c1)-c1cccc3cccc(c13)N2c1nc(-c2ccc3ccccc3c2)nc(-c2ccc3oc4ccccc4c3c2)n1. The zero-order valence-corrected chi connectivity index (χ0v) is 76.0. The molecular weight excluding hydrogens is 1740 g/mol. The molecule has 142 heavy (non-hydrogen) atoms. The van der Waals surface area contributed by atoms with E-state index in [4.69, 9.17) is 58.1 Å². The van der Waals surface area contributed by atoms with Gasteiger partial charge in [0.2, 0.25) is 17.8 Å². The first-order valence-corrected chi connectivity index (χ1v) is 47.4. The summed E-state index contributed by atoms with van der Waals surface area (Å²) in [6, 6.07) is 159. The first-order valence-electron chi connectivity index (χ1n) is 47.4. The van der Waals surface area contributed by atoms with Crippen LogP contribution in [0.5, 0.6) is 0 Å². The van der Waals surface area contributed by atoms with E-state index in [1.165, 1.54) is 54.4 Å². The van der Waals surface area contributed by atoms with Gasteiger partial charge in [-0.05, 0) is 169 Å². The lowest BCUT2D eigenvalue weighted by Crippen LogP contribution is -2.18. The molecule has 21 aromatic carbocycles. The van der Waals surface area contributed by atoms with Gasteiger partial charge >= 0.3 is 0 Å².